The lowest BCUT2D eigenvalue weighted by Gasteiger charge is -2.16. The molecular weight excluding hydrogens is 294 g/mol. The summed E-state index contributed by atoms with van der Waals surface area (Å²) in [4.78, 5) is 19.9. The molecule has 1 unspecified atom stereocenters. The van der Waals surface area contributed by atoms with E-state index in [0.717, 1.165) is 11.3 Å². The summed E-state index contributed by atoms with van der Waals surface area (Å²) in [6.45, 7) is 2.43. The van der Waals surface area contributed by atoms with E-state index in [1.54, 1.807) is 12.5 Å². The Morgan fingerprint density at radius 2 is 2.13 bits per heavy atom. The molecule has 0 radical (unpaired) electrons. The van der Waals surface area contributed by atoms with Crippen molar-refractivity contribution in [2.45, 2.75) is 32.2 Å². The van der Waals surface area contributed by atoms with Crippen molar-refractivity contribution in [3.63, 3.8) is 0 Å². The molecule has 2 aromatic rings. The molecule has 1 N–H and O–H groups in total. The third-order valence-electron chi connectivity index (χ3n) is 3.48. The van der Waals surface area contributed by atoms with Crippen LogP contribution in [0.2, 0.25) is 0 Å². The second-order valence-corrected chi connectivity index (χ2v) is 5.21. The van der Waals surface area contributed by atoms with Crippen LogP contribution in [0.4, 0.5) is 0 Å². The van der Waals surface area contributed by atoms with Crippen molar-refractivity contribution in [3.05, 3.63) is 54.6 Å². The Hall–Kier alpha value is -2.63. The number of unbranched alkanes of at least 4 members (excludes halogenated alkanes) is 1. The third kappa shape index (κ3) is 5.25. The van der Waals surface area contributed by atoms with Crippen LogP contribution in [-0.2, 0) is 9.63 Å². The highest BCUT2D eigenvalue weighted by Crippen LogP contribution is 2.15. The van der Waals surface area contributed by atoms with E-state index < -0.39 is 5.97 Å². The summed E-state index contributed by atoms with van der Waals surface area (Å²) >= 11 is 0. The molecule has 6 heteroatoms. The molecule has 6 nitrogen and oxygen atoms in total. The molecule has 1 aromatic carbocycles. The number of aliphatic carboxylic acids is 1. The van der Waals surface area contributed by atoms with Crippen LogP contribution in [0.15, 0.2) is 54.2 Å². The van der Waals surface area contributed by atoms with Gasteiger partial charge in [-0.1, -0.05) is 35.5 Å². The van der Waals surface area contributed by atoms with Crippen LogP contribution >= 0.6 is 0 Å². The van der Waals surface area contributed by atoms with Crippen LogP contribution in [0, 0.1) is 0 Å². The Morgan fingerprint density at radius 1 is 1.35 bits per heavy atom. The standard InChI is InChI=1S/C17H21N3O3/c1-14(20-11-10-18-13-20)17(15-7-3-2-4-8-15)19-23-12-6-5-9-16(21)22/h2-4,7-8,10-11,13-14H,5-6,9,12H2,1H3,(H,21,22)/b19-17-. The number of benzene rings is 1. The third-order valence-corrected chi connectivity index (χ3v) is 3.48. The molecule has 1 heterocycles. The molecule has 0 fully saturated rings. The van der Waals surface area contributed by atoms with Crippen molar-refractivity contribution in [1.82, 2.24) is 9.55 Å². The first-order valence-corrected chi connectivity index (χ1v) is 7.63. The topological polar surface area (TPSA) is 76.7 Å². The largest absolute Gasteiger partial charge is 0.481 e. The van der Waals surface area contributed by atoms with Gasteiger partial charge in [-0.2, -0.15) is 0 Å². The van der Waals surface area contributed by atoms with Gasteiger partial charge in [-0.05, 0) is 19.8 Å². The van der Waals surface area contributed by atoms with Gasteiger partial charge in [0, 0.05) is 24.4 Å². The van der Waals surface area contributed by atoms with Crippen molar-refractivity contribution in [2.24, 2.45) is 5.16 Å². The van der Waals surface area contributed by atoms with Gasteiger partial charge in [0.15, 0.2) is 0 Å². The SMILES string of the molecule is CC(/C(=N/OCCCCC(=O)O)c1ccccc1)n1ccnc1. The van der Waals surface area contributed by atoms with E-state index in [-0.39, 0.29) is 12.5 Å². The maximum atomic E-state index is 10.5. The highest BCUT2D eigenvalue weighted by Gasteiger charge is 2.15. The smallest absolute Gasteiger partial charge is 0.303 e. The fraction of sp³-hybridized carbons (Fsp3) is 0.353. The van der Waals surface area contributed by atoms with Gasteiger partial charge in [0.1, 0.15) is 12.3 Å². The lowest BCUT2D eigenvalue weighted by molar-refractivity contribution is -0.137. The number of carboxylic acids is 1. The number of oxime groups is 1. The van der Waals surface area contributed by atoms with Crippen LogP contribution in [0.3, 0.4) is 0 Å². The average molecular weight is 315 g/mol. The Morgan fingerprint density at radius 3 is 2.78 bits per heavy atom. The van der Waals surface area contributed by atoms with Gasteiger partial charge < -0.3 is 14.5 Å². The number of rotatable bonds is 9. The first-order valence-electron chi connectivity index (χ1n) is 7.63. The van der Waals surface area contributed by atoms with Crippen molar-refractivity contribution in [1.29, 1.82) is 0 Å². The van der Waals surface area contributed by atoms with Gasteiger partial charge in [0.25, 0.3) is 0 Å². The summed E-state index contributed by atoms with van der Waals surface area (Å²) in [6.07, 6.45) is 6.77. The van der Waals surface area contributed by atoms with Crippen LogP contribution in [-0.4, -0.2) is 32.9 Å². The molecular formula is C17H21N3O3. The van der Waals surface area contributed by atoms with E-state index in [9.17, 15) is 4.79 Å². The Labute approximate surface area is 135 Å². The second-order valence-electron chi connectivity index (χ2n) is 5.21. The molecule has 0 amide bonds. The quantitative estimate of drug-likeness (QED) is 0.438. The zero-order chi connectivity index (χ0) is 16.5. The number of hydrogen-bond acceptors (Lipinski definition) is 4. The molecule has 0 aliphatic rings. The van der Waals surface area contributed by atoms with Crippen molar-refractivity contribution in [3.8, 4) is 0 Å². The maximum Gasteiger partial charge on any atom is 0.303 e. The molecule has 1 aromatic heterocycles. The van der Waals surface area contributed by atoms with Gasteiger partial charge in [-0.25, -0.2) is 4.98 Å². The highest BCUT2D eigenvalue weighted by molar-refractivity contribution is 6.02. The number of nitrogens with zero attached hydrogens (tertiary/aromatic N) is 3. The molecule has 2 rings (SSSR count). The molecule has 1 atom stereocenters. The minimum absolute atomic E-state index is 0.0149. The van der Waals surface area contributed by atoms with Gasteiger partial charge in [0.2, 0.25) is 0 Å². The minimum Gasteiger partial charge on any atom is -0.481 e. The Balaban J connectivity index is 2.02. The zero-order valence-corrected chi connectivity index (χ0v) is 13.1. The zero-order valence-electron chi connectivity index (χ0n) is 13.1. The summed E-state index contributed by atoms with van der Waals surface area (Å²) in [6, 6.07) is 9.82. The van der Waals surface area contributed by atoms with Crippen LogP contribution in [0.25, 0.3) is 0 Å². The second kappa shape index (κ2) is 8.73. The first kappa shape index (κ1) is 16.7. The Kier molecular flexibility index (Phi) is 6.35. The molecule has 0 aliphatic heterocycles. The van der Waals surface area contributed by atoms with Gasteiger partial charge in [0.05, 0.1) is 12.4 Å². The highest BCUT2D eigenvalue weighted by atomic mass is 16.6. The molecule has 0 spiro atoms. The average Bonchev–Trinajstić information content (AvgIpc) is 3.09. The fourth-order valence-corrected chi connectivity index (χ4v) is 2.18. The predicted molar refractivity (Wildman–Crippen MR) is 87.4 cm³/mol. The molecule has 0 saturated carbocycles. The minimum atomic E-state index is -0.785. The summed E-state index contributed by atoms with van der Waals surface area (Å²) in [5, 5.41) is 12.9. The number of carboxylic acid groups (broad SMARTS) is 1. The van der Waals surface area contributed by atoms with Crippen molar-refractivity contribution < 1.29 is 14.7 Å². The normalized spacial score (nSPS) is 12.8. The number of imidazole rings is 1. The van der Waals surface area contributed by atoms with Gasteiger partial charge >= 0.3 is 5.97 Å². The lowest BCUT2D eigenvalue weighted by Crippen LogP contribution is -2.17. The number of aromatic nitrogens is 2. The van der Waals surface area contributed by atoms with Crippen LogP contribution in [0.5, 0.6) is 0 Å². The van der Waals surface area contributed by atoms with E-state index in [0.29, 0.717) is 19.4 Å². The van der Waals surface area contributed by atoms with E-state index in [1.807, 2.05) is 48.0 Å². The first-order chi connectivity index (χ1) is 11.2. The van der Waals surface area contributed by atoms with Crippen LogP contribution < -0.4 is 0 Å². The van der Waals surface area contributed by atoms with Crippen LogP contribution in [0.1, 0.15) is 37.8 Å². The van der Waals surface area contributed by atoms with Gasteiger partial charge in [-0.3, -0.25) is 4.79 Å². The molecule has 0 aliphatic carbocycles. The van der Waals surface area contributed by atoms with E-state index >= 15 is 0 Å². The van der Waals surface area contributed by atoms with E-state index in [2.05, 4.69) is 10.1 Å². The summed E-state index contributed by atoms with van der Waals surface area (Å²) < 4.78 is 1.96. The molecule has 0 saturated heterocycles. The fourth-order valence-electron chi connectivity index (χ4n) is 2.18. The summed E-state index contributed by atoms with van der Waals surface area (Å²) in [7, 11) is 0. The summed E-state index contributed by atoms with van der Waals surface area (Å²) in [5.41, 5.74) is 1.79. The number of hydrogen-bond donors (Lipinski definition) is 1. The molecule has 122 valence electrons. The van der Waals surface area contributed by atoms with E-state index in [1.165, 1.54) is 0 Å². The predicted octanol–water partition coefficient (Wildman–Crippen LogP) is 3.12. The molecule has 0 bridgehead atoms. The van der Waals surface area contributed by atoms with Crippen molar-refractivity contribution in [2.75, 3.05) is 6.61 Å². The molecule has 23 heavy (non-hydrogen) atoms. The Bertz CT molecular complexity index is 624. The van der Waals surface area contributed by atoms with E-state index in [4.69, 9.17) is 9.94 Å². The summed E-state index contributed by atoms with van der Waals surface area (Å²) in [5.74, 6) is -0.785. The van der Waals surface area contributed by atoms with Gasteiger partial charge in [-0.15, -0.1) is 0 Å². The van der Waals surface area contributed by atoms with Crippen molar-refractivity contribution >= 4 is 11.7 Å². The maximum absolute atomic E-state index is 10.5. The number of carbonyl (C=O) groups is 1. The monoisotopic (exact) mass is 315 g/mol. The lowest BCUT2D eigenvalue weighted by atomic mass is 10.0.